The minimum absolute atomic E-state index is 0.107. The third kappa shape index (κ3) is 1.57. The molecule has 2 aromatic rings. The van der Waals surface area contributed by atoms with Crippen LogP contribution in [-0.2, 0) is 0 Å². The molecule has 1 aromatic carbocycles. The van der Waals surface area contributed by atoms with E-state index in [1.54, 1.807) is 45.0 Å². The number of halogens is 2. The quantitative estimate of drug-likeness (QED) is 0.545. The lowest BCUT2D eigenvalue weighted by atomic mass is 10.2. The molecule has 0 radical (unpaired) electrons. The topological polar surface area (TPSA) is 13.1 Å². The van der Waals surface area contributed by atoms with Gasteiger partial charge in [0, 0.05) is 15.6 Å². The highest BCUT2D eigenvalue weighted by Crippen LogP contribution is 2.39. The highest BCUT2D eigenvalue weighted by atomic mass is 28.4. The van der Waals surface area contributed by atoms with Crippen molar-refractivity contribution < 1.29 is 12.6 Å². The molecule has 0 aliphatic heterocycles. The molecule has 0 unspecified atom stereocenters. The number of hydrogen-bond donors (Lipinski definition) is 0. The van der Waals surface area contributed by atoms with E-state index in [1.165, 1.54) is 6.26 Å². The van der Waals surface area contributed by atoms with E-state index >= 15 is 0 Å². The van der Waals surface area contributed by atoms with Crippen LogP contribution in [0, 0.1) is 0 Å². The second-order valence-electron chi connectivity index (χ2n) is 4.97. The molecule has 0 saturated heterocycles. The van der Waals surface area contributed by atoms with Gasteiger partial charge in [-0.2, -0.15) is 0 Å². The predicted octanol–water partition coefficient (Wildman–Crippen LogP) is 3.82. The van der Waals surface area contributed by atoms with Crippen LogP contribution in [-0.4, -0.2) is 8.74 Å². The van der Waals surface area contributed by atoms with Crippen LogP contribution in [0.3, 0.4) is 0 Å². The van der Waals surface area contributed by atoms with E-state index in [-0.39, 0.29) is 5.19 Å². The molecule has 0 spiro atoms. The zero-order valence-electron chi connectivity index (χ0n) is 9.55. The average molecular weight is 240 g/mol. The van der Waals surface area contributed by atoms with E-state index in [1.807, 2.05) is 0 Å². The first kappa shape index (κ1) is 11.3. The van der Waals surface area contributed by atoms with E-state index in [0.717, 1.165) is 0 Å². The Kier molecular flexibility index (Phi) is 2.42. The van der Waals surface area contributed by atoms with E-state index < -0.39 is 13.8 Å². The second-order valence-corrected chi connectivity index (χ2v) is 8.16. The fourth-order valence-corrected chi connectivity index (χ4v) is 3.18. The predicted molar refractivity (Wildman–Crippen MR) is 63.5 cm³/mol. The van der Waals surface area contributed by atoms with Crippen LogP contribution in [0.15, 0.2) is 34.9 Å². The van der Waals surface area contributed by atoms with E-state index in [9.17, 15) is 8.22 Å². The smallest absolute Gasteiger partial charge is 0.464 e. The van der Waals surface area contributed by atoms with Crippen LogP contribution in [0.5, 0.6) is 0 Å². The largest absolute Gasteiger partial charge is 0.464 e. The molecular weight excluding hydrogens is 226 g/mol. The van der Waals surface area contributed by atoms with Crippen LogP contribution in [0.25, 0.3) is 11.0 Å². The summed E-state index contributed by atoms with van der Waals surface area (Å²) in [6.07, 6.45) is 1.22. The molecule has 0 amide bonds. The van der Waals surface area contributed by atoms with Gasteiger partial charge in [-0.25, -0.2) is 0 Å². The number of furan rings is 1. The van der Waals surface area contributed by atoms with Crippen molar-refractivity contribution in [1.82, 2.24) is 0 Å². The minimum Gasteiger partial charge on any atom is -0.464 e. The summed E-state index contributed by atoms with van der Waals surface area (Å²) in [7, 11) is -4.49. The molecule has 0 atom stereocenters. The Morgan fingerprint density at radius 2 is 1.75 bits per heavy atom. The maximum absolute atomic E-state index is 14.3. The summed E-state index contributed by atoms with van der Waals surface area (Å²) < 4.78 is 33.8. The maximum Gasteiger partial charge on any atom is 0.464 e. The molecule has 1 aromatic heterocycles. The van der Waals surface area contributed by atoms with Gasteiger partial charge in [0.2, 0.25) is 0 Å². The molecule has 0 aliphatic rings. The van der Waals surface area contributed by atoms with Crippen molar-refractivity contribution in [2.75, 3.05) is 0 Å². The first-order chi connectivity index (χ1) is 7.34. The van der Waals surface area contributed by atoms with Crippen LogP contribution in [0.4, 0.5) is 8.22 Å². The maximum atomic E-state index is 14.3. The number of fused-ring (bicyclic) bond motifs is 1. The molecule has 0 bridgehead atoms. The Bertz CT molecular complexity index is 511. The Hall–Kier alpha value is -1.16. The molecule has 86 valence electrons. The van der Waals surface area contributed by atoms with Crippen molar-refractivity contribution in [1.29, 1.82) is 0 Å². The molecule has 4 heteroatoms. The van der Waals surface area contributed by atoms with Gasteiger partial charge in [-0.05, 0) is 6.07 Å². The van der Waals surface area contributed by atoms with Gasteiger partial charge in [0.05, 0.1) is 6.26 Å². The number of para-hydroxylation sites is 1. The van der Waals surface area contributed by atoms with Crippen molar-refractivity contribution in [2.24, 2.45) is 0 Å². The normalized spacial score (nSPS) is 13.3. The van der Waals surface area contributed by atoms with Gasteiger partial charge in [-0.1, -0.05) is 39.0 Å². The molecule has 1 nitrogen and oxygen atoms in total. The summed E-state index contributed by atoms with van der Waals surface area (Å²) in [6, 6.07) is 6.95. The monoisotopic (exact) mass is 240 g/mol. The highest BCUT2D eigenvalue weighted by molar-refractivity contribution is 6.84. The van der Waals surface area contributed by atoms with E-state index in [0.29, 0.717) is 11.0 Å². The summed E-state index contributed by atoms with van der Waals surface area (Å²) in [5.74, 6) is 0. The van der Waals surface area contributed by atoms with Crippen molar-refractivity contribution in [3.05, 3.63) is 30.5 Å². The van der Waals surface area contributed by atoms with Gasteiger partial charge in [0.15, 0.2) is 0 Å². The van der Waals surface area contributed by atoms with Gasteiger partial charge >= 0.3 is 8.74 Å². The number of benzene rings is 1. The SMILES string of the molecule is CC(C)(C)[Si](F)(F)c1coc2ccccc12. The van der Waals surface area contributed by atoms with Gasteiger partial charge in [0.1, 0.15) is 5.58 Å². The van der Waals surface area contributed by atoms with Gasteiger partial charge < -0.3 is 4.42 Å². The zero-order chi connectivity index (χ0) is 12.0. The first-order valence-corrected chi connectivity index (χ1v) is 6.94. The average Bonchev–Trinajstić information content (AvgIpc) is 2.59. The molecule has 0 saturated carbocycles. The summed E-state index contributed by atoms with van der Waals surface area (Å²) in [5, 5.41) is -0.329. The van der Waals surface area contributed by atoms with Crippen molar-refractivity contribution in [2.45, 2.75) is 25.8 Å². The molecule has 0 N–H and O–H groups in total. The van der Waals surface area contributed by atoms with Crippen LogP contribution >= 0.6 is 0 Å². The second kappa shape index (κ2) is 3.42. The summed E-state index contributed by atoms with van der Waals surface area (Å²) in [4.78, 5) is 0. The number of rotatable bonds is 1. The third-order valence-corrected chi connectivity index (χ3v) is 5.71. The summed E-state index contributed by atoms with van der Waals surface area (Å²) in [5.41, 5.74) is 0.536. The van der Waals surface area contributed by atoms with E-state index in [4.69, 9.17) is 4.42 Å². The van der Waals surface area contributed by atoms with Crippen LogP contribution in [0.2, 0.25) is 5.04 Å². The Balaban J connectivity index is 2.64. The fraction of sp³-hybridized carbons (Fsp3) is 0.333. The first-order valence-electron chi connectivity index (χ1n) is 5.18. The minimum atomic E-state index is -4.49. The fourth-order valence-electron chi connectivity index (χ4n) is 1.62. The van der Waals surface area contributed by atoms with Gasteiger partial charge in [0.25, 0.3) is 0 Å². The van der Waals surface area contributed by atoms with Crippen LogP contribution < -0.4 is 5.19 Å². The van der Waals surface area contributed by atoms with Gasteiger partial charge in [-0.3, -0.25) is 8.22 Å². The lowest BCUT2D eigenvalue weighted by Crippen LogP contribution is -2.46. The van der Waals surface area contributed by atoms with Gasteiger partial charge in [-0.15, -0.1) is 0 Å². The van der Waals surface area contributed by atoms with Crippen LogP contribution in [0.1, 0.15) is 20.8 Å². The highest BCUT2D eigenvalue weighted by Gasteiger charge is 2.52. The molecule has 2 rings (SSSR count). The van der Waals surface area contributed by atoms with Crippen molar-refractivity contribution >= 4 is 24.9 Å². The molecule has 1 heterocycles. The molecule has 0 fully saturated rings. The Morgan fingerprint density at radius 3 is 2.38 bits per heavy atom. The third-order valence-electron chi connectivity index (χ3n) is 2.76. The zero-order valence-corrected chi connectivity index (χ0v) is 10.6. The Labute approximate surface area is 94.4 Å². The Morgan fingerprint density at radius 1 is 1.12 bits per heavy atom. The van der Waals surface area contributed by atoms with Crippen molar-refractivity contribution in [3.63, 3.8) is 0 Å². The number of hydrogen-bond acceptors (Lipinski definition) is 1. The lowest BCUT2D eigenvalue weighted by molar-refractivity contribution is 0.518. The molecule has 0 aliphatic carbocycles. The standard InChI is InChI=1S/C12H14F2OSi/c1-12(2,3)16(13,14)11-8-15-10-7-5-4-6-9(10)11/h4-8H,1-3H3. The lowest BCUT2D eigenvalue weighted by Gasteiger charge is -2.26. The molecular formula is C12H14F2OSi. The van der Waals surface area contributed by atoms with Crippen molar-refractivity contribution in [3.8, 4) is 0 Å². The molecule has 16 heavy (non-hydrogen) atoms. The summed E-state index contributed by atoms with van der Waals surface area (Å²) >= 11 is 0. The van der Waals surface area contributed by atoms with E-state index in [2.05, 4.69) is 0 Å². The summed E-state index contributed by atoms with van der Waals surface area (Å²) in [6.45, 7) is 4.75.